The summed E-state index contributed by atoms with van der Waals surface area (Å²) < 4.78 is 5.62. The smallest absolute Gasteiger partial charge is 0.239 e. The van der Waals surface area contributed by atoms with E-state index < -0.39 is 0 Å². The highest BCUT2D eigenvalue weighted by molar-refractivity contribution is 5.81. The van der Waals surface area contributed by atoms with Gasteiger partial charge in [-0.15, -0.1) is 0 Å². The van der Waals surface area contributed by atoms with Crippen LogP contribution in [0.5, 0.6) is 0 Å². The van der Waals surface area contributed by atoms with Crippen LogP contribution in [-0.4, -0.2) is 43.2 Å². The third-order valence-corrected chi connectivity index (χ3v) is 3.17. The van der Waals surface area contributed by atoms with Crippen LogP contribution in [0.25, 0.3) is 0 Å². The Bertz CT molecular complexity index is 238. The van der Waals surface area contributed by atoms with Crippen LogP contribution in [0.15, 0.2) is 0 Å². The summed E-state index contributed by atoms with van der Waals surface area (Å²) in [5, 5.41) is 0. The van der Waals surface area contributed by atoms with Gasteiger partial charge in [-0.05, 0) is 31.6 Å². The first-order valence-electron chi connectivity index (χ1n) is 6.63. The lowest BCUT2D eigenvalue weighted by atomic mass is 10.0. The number of likely N-dealkylation sites (N-methyl/N-ethyl adjacent to an activating group) is 1. The molecule has 1 amide bonds. The molecule has 17 heavy (non-hydrogen) atoms. The quantitative estimate of drug-likeness (QED) is 0.792. The topological polar surface area (TPSA) is 55.6 Å². The molecule has 0 aliphatic carbocycles. The number of hydrogen-bond donors (Lipinski definition) is 1. The van der Waals surface area contributed by atoms with E-state index in [9.17, 15) is 4.79 Å². The van der Waals surface area contributed by atoms with Crippen molar-refractivity contribution in [3.8, 4) is 0 Å². The molecule has 1 rings (SSSR count). The van der Waals surface area contributed by atoms with Crippen LogP contribution in [0.4, 0.5) is 0 Å². The van der Waals surface area contributed by atoms with Gasteiger partial charge < -0.3 is 15.4 Å². The second-order valence-corrected chi connectivity index (χ2v) is 5.44. The van der Waals surface area contributed by atoms with Crippen molar-refractivity contribution in [1.29, 1.82) is 0 Å². The van der Waals surface area contributed by atoms with Gasteiger partial charge in [0.05, 0.1) is 12.1 Å². The van der Waals surface area contributed by atoms with Gasteiger partial charge in [0.1, 0.15) is 0 Å². The van der Waals surface area contributed by atoms with E-state index in [4.69, 9.17) is 10.5 Å². The molecular formula is C13H26N2O2. The lowest BCUT2D eigenvalue weighted by molar-refractivity contribution is -0.134. The number of amides is 1. The van der Waals surface area contributed by atoms with Gasteiger partial charge in [0.25, 0.3) is 0 Å². The van der Waals surface area contributed by atoms with Crippen molar-refractivity contribution in [3.05, 3.63) is 0 Å². The Morgan fingerprint density at radius 1 is 1.47 bits per heavy atom. The average Bonchev–Trinajstić information content (AvgIpc) is 2.28. The fraction of sp³-hybridized carbons (Fsp3) is 0.923. The molecule has 1 fully saturated rings. The fourth-order valence-corrected chi connectivity index (χ4v) is 2.24. The summed E-state index contributed by atoms with van der Waals surface area (Å²) in [4.78, 5) is 13.7. The summed E-state index contributed by atoms with van der Waals surface area (Å²) in [6.45, 7) is 5.66. The molecule has 0 spiro atoms. The average molecular weight is 242 g/mol. The minimum Gasteiger partial charge on any atom is -0.376 e. The van der Waals surface area contributed by atoms with Crippen molar-refractivity contribution in [1.82, 2.24) is 4.90 Å². The van der Waals surface area contributed by atoms with E-state index in [-0.39, 0.29) is 18.1 Å². The Labute approximate surface area is 104 Å². The third kappa shape index (κ3) is 5.04. The Morgan fingerprint density at radius 3 is 2.71 bits per heavy atom. The summed E-state index contributed by atoms with van der Waals surface area (Å²) >= 11 is 0. The molecule has 1 aliphatic rings. The highest BCUT2D eigenvalue weighted by Gasteiger charge is 2.23. The van der Waals surface area contributed by atoms with Crippen molar-refractivity contribution in [2.24, 2.45) is 11.7 Å². The maximum atomic E-state index is 12.0. The Balaban J connectivity index is 2.34. The van der Waals surface area contributed by atoms with Crippen molar-refractivity contribution >= 4 is 5.91 Å². The van der Waals surface area contributed by atoms with E-state index in [1.54, 1.807) is 4.90 Å². The van der Waals surface area contributed by atoms with Gasteiger partial charge in [-0.2, -0.15) is 0 Å². The van der Waals surface area contributed by atoms with E-state index in [1.165, 1.54) is 6.42 Å². The van der Waals surface area contributed by atoms with Crippen molar-refractivity contribution < 1.29 is 9.53 Å². The number of nitrogens with zero attached hydrogens (tertiary/aromatic N) is 1. The normalized spacial score (nSPS) is 22.5. The molecule has 1 aliphatic heterocycles. The van der Waals surface area contributed by atoms with Gasteiger partial charge in [0.15, 0.2) is 0 Å². The summed E-state index contributed by atoms with van der Waals surface area (Å²) in [7, 11) is 1.82. The molecule has 0 radical (unpaired) electrons. The third-order valence-electron chi connectivity index (χ3n) is 3.17. The van der Waals surface area contributed by atoms with Gasteiger partial charge in [-0.25, -0.2) is 0 Å². The molecule has 4 heteroatoms. The fourth-order valence-electron chi connectivity index (χ4n) is 2.24. The first-order valence-corrected chi connectivity index (χ1v) is 6.63. The van der Waals surface area contributed by atoms with Gasteiger partial charge >= 0.3 is 0 Å². The Morgan fingerprint density at radius 2 is 2.18 bits per heavy atom. The van der Waals surface area contributed by atoms with Crippen molar-refractivity contribution in [3.63, 3.8) is 0 Å². The van der Waals surface area contributed by atoms with Crippen LogP contribution in [-0.2, 0) is 9.53 Å². The predicted octanol–water partition coefficient (Wildman–Crippen LogP) is 1.39. The van der Waals surface area contributed by atoms with E-state index in [2.05, 4.69) is 13.8 Å². The SMILES string of the molecule is CC(C)C[C@@H](N)C(=O)N(C)CC1CCCCO1. The van der Waals surface area contributed by atoms with E-state index in [0.717, 1.165) is 25.9 Å². The van der Waals surface area contributed by atoms with Crippen LogP contribution in [0.2, 0.25) is 0 Å². The zero-order chi connectivity index (χ0) is 12.8. The van der Waals surface area contributed by atoms with E-state index in [1.807, 2.05) is 7.05 Å². The van der Waals surface area contributed by atoms with Gasteiger partial charge in [0.2, 0.25) is 5.91 Å². The van der Waals surface area contributed by atoms with Crippen LogP contribution in [0.1, 0.15) is 39.5 Å². The molecule has 2 atom stereocenters. The molecule has 2 N–H and O–H groups in total. The van der Waals surface area contributed by atoms with E-state index in [0.29, 0.717) is 12.5 Å². The number of carbonyl (C=O) groups is 1. The lowest BCUT2D eigenvalue weighted by Gasteiger charge is -2.29. The molecule has 0 aromatic carbocycles. The second kappa shape index (κ2) is 6.97. The Hall–Kier alpha value is -0.610. The minimum atomic E-state index is -0.372. The van der Waals surface area contributed by atoms with Gasteiger partial charge in [-0.3, -0.25) is 4.79 Å². The molecule has 0 saturated carbocycles. The van der Waals surface area contributed by atoms with Crippen LogP contribution >= 0.6 is 0 Å². The number of nitrogens with two attached hydrogens (primary N) is 1. The standard InChI is InChI=1S/C13H26N2O2/c1-10(2)8-12(14)13(16)15(3)9-11-6-4-5-7-17-11/h10-12H,4-9,14H2,1-3H3/t11?,12-/m1/s1. The number of ether oxygens (including phenoxy) is 1. The summed E-state index contributed by atoms with van der Waals surface area (Å²) in [5.74, 6) is 0.487. The predicted molar refractivity (Wildman–Crippen MR) is 68.7 cm³/mol. The molecule has 0 aromatic heterocycles. The second-order valence-electron chi connectivity index (χ2n) is 5.44. The number of rotatable bonds is 5. The molecule has 1 unspecified atom stereocenters. The molecule has 0 aromatic rings. The van der Waals surface area contributed by atoms with Gasteiger partial charge in [0, 0.05) is 20.2 Å². The molecule has 1 heterocycles. The highest BCUT2D eigenvalue weighted by Crippen LogP contribution is 2.14. The largest absolute Gasteiger partial charge is 0.376 e. The summed E-state index contributed by atoms with van der Waals surface area (Å²) in [5.41, 5.74) is 5.89. The van der Waals surface area contributed by atoms with Crippen molar-refractivity contribution in [2.45, 2.75) is 51.7 Å². The molecule has 1 saturated heterocycles. The molecule has 100 valence electrons. The summed E-state index contributed by atoms with van der Waals surface area (Å²) in [6.07, 6.45) is 4.33. The summed E-state index contributed by atoms with van der Waals surface area (Å²) in [6, 6.07) is -0.372. The molecule has 0 bridgehead atoms. The van der Waals surface area contributed by atoms with Crippen LogP contribution in [0.3, 0.4) is 0 Å². The van der Waals surface area contributed by atoms with Crippen LogP contribution in [0, 0.1) is 5.92 Å². The molecule has 4 nitrogen and oxygen atoms in total. The highest BCUT2D eigenvalue weighted by atomic mass is 16.5. The van der Waals surface area contributed by atoms with E-state index >= 15 is 0 Å². The zero-order valence-electron chi connectivity index (χ0n) is 11.3. The zero-order valence-corrected chi connectivity index (χ0v) is 11.3. The maximum absolute atomic E-state index is 12.0. The first kappa shape index (κ1) is 14.5. The molecular weight excluding hydrogens is 216 g/mol. The monoisotopic (exact) mass is 242 g/mol. The lowest BCUT2D eigenvalue weighted by Crippen LogP contribution is -2.46. The number of carbonyl (C=O) groups excluding carboxylic acids is 1. The minimum absolute atomic E-state index is 0.0351. The van der Waals surface area contributed by atoms with Gasteiger partial charge in [-0.1, -0.05) is 13.8 Å². The first-order chi connectivity index (χ1) is 8.00. The Kier molecular flexibility index (Phi) is 5.92. The number of hydrogen-bond acceptors (Lipinski definition) is 3. The maximum Gasteiger partial charge on any atom is 0.239 e. The van der Waals surface area contributed by atoms with Crippen LogP contribution < -0.4 is 5.73 Å². The van der Waals surface area contributed by atoms with Crippen molar-refractivity contribution in [2.75, 3.05) is 20.2 Å².